The first-order chi connectivity index (χ1) is 13.5. The van der Waals surface area contributed by atoms with E-state index in [0.717, 1.165) is 19.3 Å². The van der Waals surface area contributed by atoms with Crippen molar-refractivity contribution in [3.63, 3.8) is 0 Å². The zero-order valence-electron chi connectivity index (χ0n) is 18.5. The van der Waals surface area contributed by atoms with Crippen molar-refractivity contribution in [3.8, 4) is 0 Å². The maximum Gasteiger partial charge on any atom is 0.264 e. The molecule has 0 aromatic heterocycles. The van der Waals surface area contributed by atoms with Gasteiger partial charge in [0, 0.05) is 0 Å². The van der Waals surface area contributed by atoms with E-state index in [-0.39, 0.29) is 5.75 Å². The number of aliphatic hydroxyl groups excluding tert-OH is 1. The monoisotopic (exact) mass is 420 g/mol. The lowest BCUT2D eigenvalue weighted by atomic mass is 10.0. The van der Waals surface area contributed by atoms with E-state index in [1.54, 1.807) is 0 Å². The summed E-state index contributed by atoms with van der Waals surface area (Å²) in [7, 11) is -3.88. The van der Waals surface area contributed by atoms with E-state index in [1.165, 1.54) is 96.3 Å². The van der Waals surface area contributed by atoms with Crippen LogP contribution in [0, 0.1) is 0 Å². The molecule has 4 nitrogen and oxygen atoms in total. The van der Waals surface area contributed by atoms with Gasteiger partial charge in [0.2, 0.25) is 0 Å². The minimum absolute atomic E-state index is 0.247. The molecule has 0 aromatic carbocycles. The SMILES string of the molecule is CCCCCCCCCCCCCCCCCCCC(O)CCCS(=O)(=O)O. The Bertz CT molecular complexity index is 409. The lowest BCUT2D eigenvalue weighted by Gasteiger charge is -2.09. The molecule has 0 radical (unpaired) electrons. The molecule has 0 saturated carbocycles. The summed E-state index contributed by atoms with van der Waals surface area (Å²) in [5.41, 5.74) is 0. The number of hydrogen-bond acceptors (Lipinski definition) is 3. The molecule has 0 fully saturated rings. The average molecular weight is 421 g/mol. The second-order valence-corrected chi connectivity index (χ2v) is 10.1. The van der Waals surface area contributed by atoms with Gasteiger partial charge in [0.25, 0.3) is 10.1 Å². The van der Waals surface area contributed by atoms with Crippen LogP contribution in [0.15, 0.2) is 0 Å². The highest BCUT2D eigenvalue weighted by molar-refractivity contribution is 7.85. The number of unbranched alkanes of at least 4 members (excludes halogenated alkanes) is 16. The summed E-state index contributed by atoms with van der Waals surface area (Å²) in [6, 6.07) is 0. The van der Waals surface area contributed by atoms with Gasteiger partial charge in [-0.1, -0.05) is 116 Å². The van der Waals surface area contributed by atoms with Gasteiger partial charge < -0.3 is 5.11 Å². The van der Waals surface area contributed by atoms with Gasteiger partial charge in [0.05, 0.1) is 11.9 Å². The van der Waals surface area contributed by atoms with Crippen molar-refractivity contribution >= 4 is 10.1 Å². The quantitative estimate of drug-likeness (QED) is 0.145. The van der Waals surface area contributed by atoms with Crippen LogP contribution in [0.5, 0.6) is 0 Å². The van der Waals surface area contributed by atoms with Crippen molar-refractivity contribution in [1.82, 2.24) is 0 Å². The van der Waals surface area contributed by atoms with Crippen molar-refractivity contribution in [1.29, 1.82) is 0 Å². The fourth-order valence-electron chi connectivity index (χ4n) is 3.75. The van der Waals surface area contributed by atoms with Crippen LogP contribution in [0.25, 0.3) is 0 Å². The molecule has 1 unspecified atom stereocenters. The second kappa shape index (κ2) is 20.2. The van der Waals surface area contributed by atoms with Crippen molar-refractivity contribution in [2.24, 2.45) is 0 Å². The summed E-state index contributed by atoms with van der Waals surface area (Å²) in [5, 5.41) is 9.80. The zero-order chi connectivity index (χ0) is 20.9. The van der Waals surface area contributed by atoms with E-state index in [0.29, 0.717) is 12.8 Å². The van der Waals surface area contributed by atoms with Crippen LogP contribution in [0.3, 0.4) is 0 Å². The van der Waals surface area contributed by atoms with Gasteiger partial charge in [-0.15, -0.1) is 0 Å². The minimum atomic E-state index is -3.88. The van der Waals surface area contributed by atoms with Gasteiger partial charge in [-0.3, -0.25) is 4.55 Å². The molecule has 5 heteroatoms. The molecule has 0 heterocycles. The zero-order valence-corrected chi connectivity index (χ0v) is 19.4. The van der Waals surface area contributed by atoms with Crippen molar-refractivity contribution in [2.45, 2.75) is 141 Å². The van der Waals surface area contributed by atoms with Gasteiger partial charge >= 0.3 is 0 Å². The predicted octanol–water partition coefficient (Wildman–Crippen LogP) is 7.06. The van der Waals surface area contributed by atoms with Gasteiger partial charge in [-0.2, -0.15) is 8.42 Å². The average Bonchev–Trinajstić information content (AvgIpc) is 2.63. The third-order valence-electron chi connectivity index (χ3n) is 5.58. The summed E-state index contributed by atoms with van der Waals surface area (Å²) < 4.78 is 29.9. The van der Waals surface area contributed by atoms with Gasteiger partial charge in [0.1, 0.15) is 0 Å². The number of aliphatic hydroxyl groups is 1. The second-order valence-electron chi connectivity index (χ2n) is 8.53. The van der Waals surface area contributed by atoms with E-state index in [2.05, 4.69) is 6.92 Å². The maximum atomic E-state index is 10.6. The molecular formula is C23H48O4S. The number of rotatable bonds is 22. The minimum Gasteiger partial charge on any atom is -0.393 e. The summed E-state index contributed by atoms with van der Waals surface area (Å²) in [6.07, 6.45) is 23.9. The molecule has 1 atom stereocenters. The van der Waals surface area contributed by atoms with Crippen molar-refractivity contribution in [2.75, 3.05) is 5.75 Å². The Hall–Kier alpha value is -0.130. The van der Waals surface area contributed by atoms with Gasteiger partial charge in [0.15, 0.2) is 0 Å². The molecule has 0 aromatic rings. The first kappa shape index (κ1) is 27.9. The maximum absolute atomic E-state index is 10.6. The molecule has 0 spiro atoms. The molecule has 2 N–H and O–H groups in total. The first-order valence-corrected chi connectivity index (χ1v) is 13.7. The Morgan fingerprint density at radius 2 is 0.893 bits per heavy atom. The third-order valence-corrected chi connectivity index (χ3v) is 6.39. The largest absolute Gasteiger partial charge is 0.393 e. The van der Waals surface area contributed by atoms with E-state index in [9.17, 15) is 13.5 Å². The van der Waals surface area contributed by atoms with Crippen LogP contribution in [0.1, 0.15) is 135 Å². The van der Waals surface area contributed by atoms with Crippen molar-refractivity contribution < 1.29 is 18.1 Å². The smallest absolute Gasteiger partial charge is 0.264 e. The molecule has 0 amide bonds. The Morgan fingerprint density at radius 3 is 1.25 bits per heavy atom. The van der Waals surface area contributed by atoms with Crippen LogP contribution in [0.4, 0.5) is 0 Å². The van der Waals surface area contributed by atoms with E-state index in [4.69, 9.17) is 4.55 Å². The van der Waals surface area contributed by atoms with Gasteiger partial charge in [-0.05, 0) is 19.3 Å². The molecular weight excluding hydrogens is 372 g/mol. The Labute approximate surface area is 175 Å². The molecule has 28 heavy (non-hydrogen) atoms. The fourth-order valence-corrected chi connectivity index (χ4v) is 4.28. The highest BCUT2D eigenvalue weighted by Gasteiger charge is 2.08. The van der Waals surface area contributed by atoms with Crippen LogP contribution in [-0.4, -0.2) is 29.9 Å². The normalized spacial score (nSPS) is 13.1. The first-order valence-electron chi connectivity index (χ1n) is 12.1. The predicted molar refractivity (Wildman–Crippen MR) is 120 cm³/mol. The molecule has 170 valence electrons. The standard InChI is InChI=1S/C23H48O4S/c1-2-3-4-5-6-7-8-9-10-11-12-13-14-15-16-17-18-20-23(24)21-19-22-28(25,26)27/h23-24H,2-22H2,1H3,(H,25,26,27). The lowest BCUT2D eigenvalue weighted by molar-refractivity contribution is 0.150. The Kier molecular flexibility index (Phi) is 20.1. The summed E-state index contributed by atoms with van der Waals surface area (Å²) in [6.45, 7) is 2.27. The highest BCUT2D eigenvalue weighted by Crippen LogP contribution is 2.15. The molecule has 0 rings (SSSR count). The van der Waals surface area contributed by atoms with Gasteiger partial charge in [-0.25, -0.2) is 0 Å². The third kappa shape index (κ3) is 23.9. The lowest BCUT2D eigenvalue weighted by Crippen LogP contribution is -2.10. The Balaban J connectivity index is 3.15. The molecule has 0 saturated heterocycles. The van der Waals surface area contributed by atoms with E-state index >= 15 is 0 Å². The van der Waals surface area contributed by atoms with E-state index in [1.807, 2.05) is 0 Å². The molecule has 0 aliphatic heterocycles. The van der Waals surface area contributed by atoms with E-state index < -0.39 is 16.2 Å². The Morgan fingerprint density at radius 1 is 0.571 bits per heavy atom. The summed E-state index contributed by atoms with van der Waals surface area (Å²) in [5.74, 6) is -0.247. The van der Waals surface area contributed by atoms with Crippen LogP contribution < -0.4 is 0 Å². The molecule has 0 bridgehead atoms. The topological polar surface area (TPSA) is 74.6 Å². The van der Waals surface area contributed by atoms with Crippen molar-refractivity contribution in [3.05, 3.63) is 0 Å². The summed E-state index contributed by atoms with van der Waals surface area (Å²) >= 11 is 0. The fraction of sp³-hybridized carbons (Fsp3) is 1.00. The van der Waals surface area contributed by atoms with Crippen LogP contribution in [0.2, 0.25) is 0 Å². The highest BCUT2D eigenvalue weighted by atomic mass is 32.2. The molecule has 0 aliphatic rings. The van der Waals surface area contributed by atoms with Crippen LogP contribution in [-0.2, 0) is 10.1 Å². The number of hydrogen-bond donors (Lipinski definition) is 2. The van der Waals surface area contributed by atoms with Crippen LogP contribution >= 0.6 is 0 Å². The molecule has 0 aliphatic carbocycles. The summed E-state index contributed by atoms with van der Waals surface area (Å²) in [4.78, 5) is 0.